The van der Waals surface area contributed by atoms with Crippen LogP contribution in [-0.4, -0.2) is 34.3 Å². The zero-order valence-electron chi connectivity index (χ0n) is 17.9. The number of carbonyl (C=O) groups excluding carboxylic acids is 2. The Morgan fingerprint density at radius 3 is 2.25 bits per heavy atom. The lowest BCUT2D eigenvalue weighted by Gasteiger charge is -2.32. The number of anilines is 3. The van der Waals surface area contributed by atoms with Crippen molar-refractivity contribution in [3.05, 3.63) is 83.0 Å². The van der Waals surface area contributed by atoms with Gasteiger partial charge >= 0.3 is 18.3 Å². The molecule has 36 heavy (non-hydrogen) atoms. The molecule has 13 heteroatoms. The number of aromatic nitrogens is 1. The van der Waals surface area contributed by atoms with E-state index in [4.69, 9.17) is 4.74 Å². The van der Waals surface area contributed by atoms with Crippen LogP contribution in [0.25, 0.3) is 0 Å². The minimum atomic E-state index is -6.03. The van der Waals surface area contributed by atoms with E-state index < -0.39 is 35.4 Å². The fourth-order valence-electron chi connectivity index (χ4n) is 3.56. The largest absolute Gasteiger partial charge is 0.457 e. The molecule has 0 bridgehead atoms. The number of pyridine rings is 1. The Morgan fingerprint density at radius 1 is 0.944 bits per heavy atom. The van der Waals surface area contributed by atoms with Crippen molar-refractivity contribution in [1.82, 2.24) is 4.98 Å². The summed E-state index contributed by atoms with van der Waals surface area (Å²) in [6.07, 6.45) is -10.7. The number of carbonyl (C=O) groups is 2. The fraction of sp³-hybridized carbons (Fsp3) is 0.174. The first-order valence-corrected chi connectivity index (χ1v) is 10.1. The summed E-state index contributed by atoms with van der Waals surface area (Å²) in [5.74, 6) is -1.21. The highest BCUT2D eigenvalue weighted by atomic mass is 19.4. The number of amides is 1. The summed E-state index contributed by atoms with van der Waals surface area (Å²) in [4.78, 5) is 28.7. The maximum atomic E-state index is 13.1. The number of rotatable bonds is 5. The number of hydrogen-bond acceptors (Lipinski definition) is 6. The third-order valence-electron chi connectivity index (χ3n) is 5.43. The molecule has 0 spiro atoms. The first-order chi connectivity index (χ1) is 16.8. The molecule has 1 aromatic heterocycles. The van der Waals surface area contributed by atoms with Gasteiger partial charge in [0.05, 0.1) is 11.1 Å². The van der Waals surface area contributed by atoms with Gasteiger partial charge in [-0.3, -0.25) is 4.79 Å². The van der Waals surface area contributed by atoms with E-state index in [1.54, 1.807) is 18.2 Å². The van der Waals surface area contributed by atoms with Gasteiger partial charge in [0.15, 0.2) is 0 Å². The smallest absolute Gasteiger partial charge is 0.430 e. The lowest BCUT2D eigenvalue weighted by molar-refractivity contribution is -0.376. The highest BCUT2D eigenvalue weighted by Gasteiger charge is 2.71. The summed E-state index contributed by atoms with van der Waals surface area (Å²) in [5.41, 5.74) is -5.33. The summed E-state index contributed by atoms with van der Waals surface area (Å²) in [6, 6.07) is 10.1. The molecule has 1 aliphatic heterocycles. The number of alkyl halides is 6. The van der Waals surface area contributed by atoms with Crippen LogP contribution in [0.4, 0.5) is 43.5 Å². The molecule has 0 fully saturated rings. The van der Waals surface area contributed by atoms with Crippen molar-refractivity contribution in [3.63, 3.8) is 0 Å². The molecule has 4 rings (SSSR count). The number of aliphatic hydroxyl groups is 1. The quantitative estimate of drug-likeness (QED) is 0.327. The van der Waals surface area contributed by atoms with Crippen LogP contribution in [-0.2, 0) is 16.9 Å². The van der Waals surface area contributed by atoms with Crippen LogP contribution < -0.4 is 10.6 Å². The van der Waals surface area contributed by atoms with Crippen LogP contribution in [0.3, 0.4) is 0 Å². The van der Waals surface area contributed by atoms with Gasteiger partial charge in [0, 0.05) is 28.7 Å². The molecular formula is C23H15F6N3O4. The molecular weight excluding hydrogens is 496 g/mol. The molecule has 2 heterocycles. The first-order valence-electron chi connectivity index (χ1n) is 10.1. The van der Waals surface area contributed by atoms with Gasteiger partial charge in [-0.2, -0.15) is 26.3 Å². The minimum Gasteiger partial charge on any atom is -0.457 e. The summed E-state index contributed by atoms with van der Waals surface area (Å²) >= 11 is 0. The molecule has 2 aromatic carbocycles. The molecule has 0 aliphatic carbocycles. The van der Waals surface area contributed by atoms with Gasteiger partial charge in [-0.15, -0.1) is 0 Å². The maximum Gasteiger partial charge on any atom is 0.430 e. The van der Waals surface area contributed by atoms with Gasteiger partial charge in [0.1, 0.15) is 12.4 Å². The lowest BCUT2D eigenvalue weighted by Crippen LogP contribution is -2.53. The van der Waals surface area contributed by atoms with Crippen LogP contribution in [0.15, 0.2) is 60.8 Å². The summed E-state index contributed by atoms with van der Waals surface area (Å²) in [5, 5.41) is 14.8. The van der Waals surface area contributed by atoms with Crippen molar-refractivity contribution in [3.8, 4) is 0 Å². The van der Waals surface area contributed by atoms with Crippen LogP contribution in [0.2, 0.25) is 0 Å². The SMILES string of the molecule is O=C(Nc1ccc(C(O)(C(F)(F)F)C(F)(F)F)cc1)c1cccnc1Nc1cccc2c1COC2=O. The number of nitrogens with one attached hydrogen (secondary N) is 2. The molecule has 0 radical (unpaired) electrons. The van der Waals surface area contributed by atoms with E-state index in [2.05, 4.69) is 15.6 Å². The van der Waals surface area contributed by atoms with Crippen LogP contribution in [0.1, 0.15) is 31.8 Å². The van der Waals surface area contributed by atoms with Crippen LogP contribution in [0, 0.1) is 0 Å². The molecule has 3 aromatic rings. The maximum absolute atomic E-state index is 13.1. The summed E-state index contributed by atoms with van der Waals surface area (Å²) in [6.45, 7) is 0.0141. The molecule has 1 aliphatic rings. The normalized spacial score (nSPS) is 13.7. The number of benzene rings is 2. The monoisotopic (exact) mass is 511 g/mol. The molecule has 1 amide bonds. The lowest BCUT2D eigenvalue weighted by atomic mass is 9.92. The van der Waals surface area contributed by atoms with E-state index in [-0.39, 0.29) is 23.7 Å². The third kappa shape index (κ3) is 4.33. The minimum absolute atomic E-state index is 0.00786. The van der Waals surface area contributed by atoms with Gasteiger partial charge in [0.25, 0.3) is 11.5 Å². The first kappa shape index (κ1) is 25.0. The highest BCUT2D eigenvalue weighted by molar-refractivity contribution is 6.08. The Morgan fingerprint density at radius 2 is 1.61 bits per heavy atom. The second kappa shape index (κ2) is 8.82. The van der Waals surface area contributed by atoms with Crippen LogP contribution >= 0.6 is 0 Å². The Hall–Kier alpha value is -4.13. The average molecular weight is 511 g/mol. The fourth-order valence-corrected chi connectivity index (χ4v) is 3.56. The van der Waals surface area contributed by atoms with E-state index in [1.807, 2.05) is 0 Å². The molecule has 7 nitrogen and oxygen atoms in total. The second-order valence-corrected chi connectivity index (χ2v) is 7.67. The number of esters is 1. The Labute approximate surface area is 198 Å². The number of ether oxygens (including phenoxy) is 1. The Bertz CT molecular complexity index is 1310. The molecule has 0 atom stereocenters. The highest BCUT2D eigenvalue weighted by Crippen LogP contribution is 2.50. The van der Waals surface area contributed by atoms with E-state index in [0.29, 0.717) is 28.9 Å². The Balaban J connectivity index is 1.57. The van der Waals surface area contributed by atoms with Crippen molar-refractivity contribution in [1.29, 1.82) is 0 Å². The van der Waals surface area contributed by atoms with Crippen molar-refractivity contribution < 1.29 is 45.8 Å². The number of fused-ring (bicyclic) bond motifs is 1. The third-order valence-corrected chi connectivity index (χ3v) is 5.43. The zero-order chi connectivity index (χ0) is 26.3. The van der Waals surface area contributed by atoms with E-state index in [9.17, 15) is 41.0 Å². The number of cyclic esters (lactones) is 1. The standard InChI is InChI=1S/C23H15F6N3O4/c24-22(25,26)21(35,23(27,28)29)12-6-8-13(9-7-12)31-19(33)15-4-2-10-30-18(15)32-17-5-1-3-14-16(17)11-36-20(14)34/h1-10,35H,11H2,(H,30,32)(H,31,33). The van der Waals surface area contributed by atoms with Crippen molar-refractivity contribution in [2.75, 3.05) is 10.6 Å². The molecule has 0 saturated carbocycles. The van der Waals surface area contributed by atoms with Crippen molar-refractivity contribution >= 4 is 29.1 Å². The molecule has 0 unspecified atom stereocenters. The van der Waals surface area contributed by atoms with Gasteiger partial charge < -0.3 is 20.5 Å². The zero-order valence-corrected chi connectivity index (χ0v) is 17.9. The van der Waals surface area contributed by atoms with Gasteiger partial charge in [0.2, 0.25) is 0 Å². The number of hydrogen-bond donors (Lipinski definition) is 3. The predicted molar refractivity (Wildman–Crippen MR) is 113 cm³/mol. The Kier molecular flexibility index (Phi) is 6.12. The second-order valence-electron chi connectivity index (χ2n) is 7.67. The van der Waals surface area contributed by atoms with Gasteiger partial charge in [-0.25, -0.2) is 9.78 Å². The summed E-state index contributed by atoms with van der Waals surface area (Å²) in [7, 11) is 0. The van der Waals surface area contributed by atoms with E-state index >= 15 is 0 Å². The van der Waals surface area contributed by atoms with Crippen molar-refractivity contribution in [2.24, 2.45) is 0 Å². The van der Waals surface area contributed by atoms with Gasteiger partial charge in [-0.1, -0.05) is 18.2 Å². The average Bonchev–Trinajstić information content (AvgIpc) is 3.19. The van der Waals surface area contributed by atoms with Gasteiger partial charge in [-0.05, 0) is 36.4 Å². The van der Waals surface area contributed by atoms with E-state index in [1.165, 1.54) is 18.3 Å². The molecule has 0 saturated heterocycles. The van der Waals surface area contributed by atoms with Crippen LogP contribution in [0.5, 0.6) is 0 Å². The summed E-state index contributed by atoms with van der Waals surface area (Å²) < 4.78 is 83.4. The molecule has 3 N–H and O–H groups in total. The van der Waals surface area contributed by atoms with E-state index in [0.717, 1.165) is 12.1 Å². The predicted octanol–water partition coefficient (Wildman–Crippen LogP) is 5.06. The number of nitrogens with zero attached hydrogens (tertiary/aromatic N) is 1. The molecule has 188 valence electrons. The van der Waals surface area contributed by atoms with Crippen molar-refractivity contribution in [2.45, 2.75) is 24.6 Å². The topological polar surface area (TPSA) is 101 Å². The number of halogens is 6.